The first kappa shape index (κ1) is 20.1. The highest BCUT2D eigenvalue weighted by Gasteiger charge is 2.28. The summed E-state index contributed by atoms with van der Waals surface area (Å²) < 4.78 is 5.77. The minimum atomic E-state index is -0.0331. The van der Waals surface area contributed by atoms with Gasteiger partial charge in [0.2, 0.25) is 0 Å². The van der Waals surface area contributed by atoms with Crippen LogP contribution in [0.15, 0.2) is 29.6 Å². The van der Waals surface area contributed by atoms with Gasteiger partial charge in [0, 0.05) is 24.6 Å². The van der Waals surface area contributed by atoms with Gasteiger partial charge in [0.05, 0.1) is 17.6 Å². The van der Waals surface area contributed by atoms with Gasteiger partial charge in [-0.2, -0.15) is 0 Å². The maximum atomic E-state index is 12.9. The molecule has 0 unspecified atom stereocenters. The standard InChI is InChI=1S/C22H29NO3S/c1-15(2)26-20-7-6-17(11-19(20)14-24)12-23-9-4-5-18(13-23)21(25)22-16(3)8-10-27-22/h6-8,10-11,15,18,24H,4-5,9,12-14H2,1-3H3/t18-/m0/s1. The zero-order chi connectivity index (χ0) is 19.4. The third-order valence-electron chi connectivity index (χ3n) is 5.03. The van der Waals surface area contributed by atoms with Crippen molar-refractivity contribution in [3.05, 3.63) is 51.2 Å². The van der Waals surface area contributed by atoms with Crippen molar-refractivity contribution in [2.45, 2.75) is 52.9 Å². The highest BCUT2D eigenvalue weighted by molar-refractivity contribution is 7.12. The lowest BCUT2D eigenvalue weighted by molar-refractivity contribution is 0.0815. The van der Waals surface area contributed by atoms with Gasteiger partial charge in [-0.3, -0.25) is 9.69 Å². The second kappa shape index (κ2) is 9.00. The van der Waals surface area contributed by atoms with Crippen LogP contribution in [0.1, 0.15) is 53.1 Å². The first-order valence-corrected chi connectivity index (χ1v) is 10.6. The summed E-state index contributed by atoms with van der Waals surface area (Å²) in [6, 6.07) is 8.05. The van der Waals surface area contributed by atoms with Crippen LogP contribution in [0.25, 0.3) is 0 Å². The van der Waals surface area contributed by atoms with Crippen LogP contribution in [0.3, 0.4) is 0 Å². The molecule has 1 atom stereocenters. The van der Waals surface area contributed by atoms with E-state index in [0.29, 0.717) is 5.78 Å². The fourth-order valence-corrected chi connectivity index (χ4v) is 4.65. The monoisotopic (exact) mass is 387 g/mol. The largest absolute Gasteiger partial charge is 0.491 e. The van der Waals surface area contributed by atoms with Crippen molar-refractivity contribution in [1.29, 1.82) is 0 Å². The fraction of sp³-hybridized carbons (Fsp3) is 0.500. The summed E-state index contributed by atoms with van der Waals surface area (Å²) in [4.78, 5) is 16.1. The maximum absolute atomic E-state index is 12.9. The lowest BCUT2D eigenvalue weighted by Gasteiger charge is -2.32. The van der Waals surface area contributed by atoms with Gasteiger partial charge in [0.15, 0.2) is 5.78 Å². The van der Waals surface area contributed by atoms with E-state index >= 15 is 0 Å². The predicted molar refractivity (Wildman–Crippen MR) is 110 cm³/mol. The number of hydrogen-bond donors (Lipinski definition) is 1. The Bertz CT molecular complexity index is 784. The van der Waals surface area contributed by atoms with Gasteiger partial charge < -0.3 is 9.84 Å². The molecule has 1 saturated heterocycles. The Balaban J connectivity index is 1.67. The molecule has 0 aliphatic carbocycles. The molecule has 0 amide bonds. The van der Waals surface area contributed by atoms with Crippen molar-refractivity contribution in [3.63, 3.8) is 0 Å². The molecule has 5 heteroatoms. The molecule has 0 saturated carbocycles. The number of thiophene rings is 1. The number of carbonyl (C=O) groups is 1. The number of ketones is 1. The quantitative estimate of drug-likeness (QED) is 0.714. The van der Waals surface area contributed by atoms with E-state index in [0.717, 1.165) is 59.8 Å². The van der Waals surface area contributed by atoms with Crippen LogP contribution in [-0.2, 0) is 13.2 Å². The number of aliphatic hydroxyl groups is 1. The highest BCUT2D eigenvalue weighted by Crippen LogP contribution is 2.27. The summed E-state index contributed by atoms with van der Waals surface area (Å²) in [7, 11) is 0. The SMILES string of the molecule is Cc1ccsc1C(=O)[C@H]1CCCN(Cc2ccc(OC(C)C)c(CO)c2)C1. The summed E-state index contributed by atoms with van der Waals surface area (Å²) in [6.07, 6.45) is 2.09. The molecular weight excluding hydrogens is 358 g/mol. The van der Waals surface area contributed by atoms with Gasteiger partial charge in [-0.25, -0.2) is 0 Å². The van der Waals surface area contributed by atoms with Crippen LogP contribution >= 0.6 is 11.3 Å². The number of likely N-dealkylation sites (tertiary alicyclic amines) is 1. The van der Waals surface area contributed by atoms with E-state index in [-0.39, 0.29) is 18.6 Å². The number of Topliss-reactive ketones (excluding diaryl/α,β-unsaturated/α-hetero) is 1. The Morgan fingerprint density at radius 1 is 1.37 bits per heavy atom. The van der Waals surface area contributed by atoms with Crippen molar-refractivity contribution in [3.8, 4) is 5.75 Å². The molecule has 1 aliphatic rings. The molecule has 27 heavy (non-hydrogen) atoms. The van der Waals surface area contributed by atoms with Crippen LogP contribution in [-0.4, -0.2) is 35.0 Å². The van der Waals surface area contributed by atoms with Crippen molar-refractivity contribution in [2.24, 2.45) is 5.92 Å². The van der Waals surface area contributed by atoms with Gasteiger partial charge in [0.1, 0.15) is 5.75 Å². The van der Waals surface area contributed by atoms with Crippen LogP contribution in [0.2, 0.25) is 0 Å². The molecule has 1 N–H and O–H groups in total. The number of aliphatic hydroxyl groups excluding tert-OH is 1. The first-order valence-electron chi connectivity index (χ1n) is 9.68. The van der Waals surface area contributed by atoms with E-state index in [1.807, 2.05) is 44.4 Å². The molecule has 146 valence electrons. The minimum Gasteiger partial charge on any atom is -0.491 e. The predicted octanol–water partition coefficient (Wildman–Crippen LogP) is 4.43. The number of rotatable bonds is 7. The van der Waals surface area contributed by atoms with Crippen molar-refractivity contribution in [1.82, 2.24) is 4.90 Å². The topological polar surface area (TPSA) is 49.8 Å². The number of benzene rings is 1. The van der Waals surface area contributed by atoms with Crippen LogP contribution < -0.4 is 4.74 Å². The van der Waals surface area contributed by atoms with E-state index in [1.54, 1.807) is 11.3 Å². The van der Waals surface area contributed by atoms with E-state index in [1.165, 1.54) is 0 Å². The average Bonchev–Trinajstić information content (AvgIpc) is 3.08. The number of carbonyl (C=O) groups excluding carboxylic acids is 1. The molecule has 0 spiro atoms. The van der Waals surface area contributed by atoms with Gasteiger partial charge in [-0.1, -0.05) is 6.07 Å². The lowest BCUT2D eigenvalue weighted by Crippen LogP contribution is -2.38. The normalized spacial score (nSPS) is 18.0. The summed E-state index contributed by atoms with van der Waals surface area (Å²) in [5, 5.41) is 11.7. The van der Waals surface area contributed by atoms with E-state index in [4.69, 9.17) is 4.74 Å². The molecule has 1 aliphatic heterocycles. The average molecular weight is 388 g/mol. The minimum absolute atomic E-state index is 0.0331. The van der Waals surface area contributed by atoms with E-state index in [2.05, 4.69) is 11.0 Å². The number of piperidine rings is 1. The third-order valence-corrected chi connectivity index (χ3v) is 6.06. The summed E-state index contributed by atoms with van der Waals surface area (Å²) in [5.74, 6) is 1.12. The van der Waals surface area contributed by atoms with Gasteiger partial charge >= 0.3 is 0 Å². The lowest BCUT2D eigenvalue weighted by atomic mass is 9.91. The Morgan fingerprint density at radius 3 is 2.85 bits per heavy atom. The highest BCUT2D eigenvalue weighted by atomic mass is 32.1. The van der Waals surface area contributed by atoms with Gasteiger partial charge in [-0.05, 0) is 74.9 Å². The van der Waals surface area contributed by atoms with Gasteiger partial charge in [0.25, 0.3) is 0 Å². The van der Waals surface area contributed by atoms with Crippen LogP contribution in [0.5, 0.6) is 5.75 Å². The number of nitrogens with zero attached hydrogens (tertiary/aromatic N) is 1. The van der Waals surface area contributed by atoms with E-state index < -0.39 is 0 Å². The van der Waals surface area contributed by atoms with Crippen LogP contribution in [0.4, 0.5) is 0 Å². The van der Waals surface area contributed by atoms with Crippen molar-refractivity contribution >= 4 is 17.1 Å². The maximum Gasteiger partial charge on any atom is 0.177 e. The molecule has 1 aromatic carbocycles. The second-order valence-electron chi connectivity index (χ2n) is 7.64. The van der Waals surface area contributed by atoms with Gasteiger partial charge in [-0.15, -0.1) is 11.3 Å². The number of ether oxygens (including phenoxy) is 1. The zero-order valence-corrected chi connectivity index (χ0v) is 17.2. The number of aryl methyl sites for hydroxylation is 1. The Hall–Kier alpha value is -1.69. The number of hydrogen-bond acceptors (Lipinski definition) is 5. The molecule has 4 nitrogen and oxygen atoms in total. The molecule has 2 heterocycles. The summed E-state index contributed by atoms with van der Waals surface area (Å²) >= 11 is 1.56. The molecule has 3 rings (SSSR count). The molecule has 1 aromatic heterocycles. The fourth-order valence-electron chi connectivity index (χ4n) is 3.71. The first-order chi connectivity index (χ1) is 13.0. The molecule has 1 fully saturated rings. The smallest absolute Gasteiger partial charge is 0.177 e. The Morgan fingerprint density at radius 2 is 2.19 bits per heavy atom. The van der Waals surface area contributed by atoms with Crippen LogP contribution in [0, 0.1) is 12.8 Å². The molecule has 0 radical (unpaired) electrons. The molecular formula is C22H29NO3S. The Labute approximate surface area is 165 Å². The van der Waals surface area contributed by atoms with Crippen molar-refractivity contribution in [2.75, 3.05) is 13.1 Å². The third kappa shape index (κ3) is 4.98. The molecule has 2 aromatic rings. The Kier molecular flexibility index (Phi) is 6.68. The second-order valence-corrected chi connectivity index (χ2v) is 8.55. The van der Waals surface area contributed by atoms with E-state index in [9.17, 15) is 9.90 Å². The summed E-state index contributed by atoms with van der Waals surface area (Å²) in [6.45, 7) is 8.55. The molecule has 0 bridgehead atoms. The van der Waals surface area contributed by atoms with Crippen molar-refractivity contribution < 1.29 is 14.6 Å². The summed E-state index contributed by atoms with van der Waals surface area (Å²) in [5.41, 5.74) is 3.06. The zero-order valence-electron chi connectivity index (χ0n) is 16.4.